The smallest absolute Gasteiger partial charge is 0.312 e. The first-order chi connectivity index (χ1) is 16.6. The van der Waals surface area contributed by atoms with Crippen LogP contribution in [0.25, 0.3) is 0 Å². The van der Waals surface area contributed by atoms with Crippen molar-refractivity contribution in [1.29, 1.82) is 0 Å². The van der Waals surface area contributed by atoms with Crippen LogP contribution in [0.5, 0.6) is 0 Å². The Morgan fingerprint density at radius 1 is 1.03 bits per heavy atom. The molecule has 0 radical (unpaired) electrons. The number of carbonyl (C=O) groups is 4. The highest BCUT2D eigenvalue weighted by atomic mass is 16.6. The van der Waals surface area contributed by atoms with E-state index in [4.69, 9.17) is 23.7 Å². The quantitative estimate of drug-likeness (QED) is 0.261. The predicted molar refractivity (Wildman–Crippen MR) is 123 cm³/mol. The van der Waals surface area contributed by atoms with Crippen molar-refractivity contribution in [3.63, 3.8) is 0 Å². The van der Waals surface area contributed by atoms with Crippen LogP contribution in [-0.4, -0.2) is 70.7 Å². The summed E-state index contributed by atoms with van der Waals surface area (Å²) in [4.78, 5) is 49.8. The highest BCUT2D eigenvalue weighted by Crippen LogP contribution is 2.64. The lowest BCUT2D eigenvalue weighted by molar-refractivity contribution is -0.233. The summed E-state index contributed by atoms with van der Waals surface area (Å²) < 4.78 is 29.3. The van der Waals surface area contributed by atoms with Gasteiger partial charge in [-0.05, 0) is 39.7 Å². The van der Waals surface area contributed by atoms with Crippen molar-refractivity contribution in [3.8, 4) is 0 Å². The molecule has 1 saturated carbocycles. The number of hydrogen-bond acceptors (Lipinski definition) is 10. The minimum Gasteiger partial charge on any atom is -0.462 e. The molecule has 3 fully saturated rings. The third-order valence-electron chi connectivity index (χ3n) is 8.73. The standard InChI is InChI=1S/C26H36O10/c1-12-8-9-17(32-14(3)27)24(6)18(33-15(4)28)11-19-25(7,36-19)21(24)22(34-16(5)29)26(31)13(2)23(30)35-20(26)10-12/h10,13,17-22,31H,8-9,11H2,1-7H3/b12-10-/t13-,17+,18-,19-,20-,21+,22?,24-,25-,26-/m0/s1. The first-order valence-corrected chi connectivity index (χ1v) is 12.4. The maximum atomic E-state index is 12.8. The Morgan fingerprint density at radius 2 is 1.61 bits per heavy atom. The Labute approximate surface area is 210 Å². The van der Waals surface area contributed by atoms with Gasteiger partial charge in [-0.15, -0.1) is 0 Å². The SMILES string of the molecule is CC(=O)OC1[C@H]2[C@@]3(C)O[C@H]3C[C@H](OC(C)=O)[C@]2(C)[C@H](OC(C)=O)CC/C(C)=C\[C@@H]2OC(=O)[C@H](C)[C@@]12O. The minimum absolute atomic E-state index is 0.343. The second-order valence-corrected chi connectivity index (χ2v) is 11.1. The van der Waals surface area contributed by atoms with Gasteiger partial charge in [-0.2, -0.15) is 0 Å². The van der Waals surface area contributed by atoms with E-state index in [0.717, 1.165) is 5.57 Å². The van der Waals surface area contributed by atoms with Crippen LogP contribution < -0.4 is 0 Å². The molecule has 2 aliphatic heterocycles. The second-order valence-electron chi connectivity index (χ2n) is 11.1. The Balaban J connectivity index is 2.00. The van der Waals surface area contributed by atoms with Gasteiger partial charge in [-0.1, -0.05) is 12.5 Å². The fraction of sp³-hybridized carbons (Fsp3) is 0.769. The van der Waals surface area contributed by atoms with E-state index in [2.05, 4.69) is 0 Å². The lowest BCUT2D eigenvalue weighted by atomic mass is 9.53. The Kier molecular flexibility index (Phi) is 6.53. The van der Waals surface area contributed by atoms with Gasteiger partial charge >= 0.3 is 23.9 Å². The molecule has 4 rings (SSSR count). The maximum absolute atomic E-state index is 12.8. The average molecular weight is 509 g/mol. The third-order valence-corrected chi connectivity index (χ3v) is 8.73. The summed E-state index contributed by atoms with van der Waals surface area (Å²) in [7, 11) is 0. The lowest BCUT2D eigenvalue weighted by Gasteiger charge is -2.55. The van der Waals surface area contributed by atoms with Crippen LogP contribution in [0.3, 0.4) is 0 Å². The van der Waals surface area contributed by atoms with Gasteiger partial charge in [0.15, 0.2) is 11.7 Å². The summed E-state index contributed by atoms with van der Waals surface area (Å²) in [5, 5.41) is 12.3. The molecule has 10 heteroatoms. The first kappa shape index (κ1) is 26.6. The fourth-order valence-corrected chi connectivity index (χ4v) is 6.84. The molecule has 0 bridgehead atoms. The van der Waals surface area contributed by atoms with Gasteiger partial charge < -0.3 is 28.8 Å². The first-order valence-electron chi connectivity index (χ1n) is 12.4. The van der Waals surface area contributed by atoms with Gasteiger partial charge in [0.2, 0.25) is 0 Å². The summed E-state index contributed by atoms with van der Waals surface area (Å²) in [6.07, 6.45) is -1.44. The van der Waals surface area contributed by atoms with Crippen LogP contribution in [-0.2, 0) is 42.9 Å². The van der Waals surface area contributed by atoms with Gasteiger partial charge in [-0.3, -0.25) is 19.2 Å². The van der Waals surface area contributed by atoms with Crippen LogP contribution in [0.1, 0.15) is 67.7 Å². The monoisotopic (exact) mass is 508 g/mol. The summed E-state index contributed by atoms with van der Waals surface area (Å²) in [6, 6.07) is 0. The highest BCUT2D eigenvalue weighted by Gasteiger charge is 2.77. The normalized spacial score (nSPS) is 47.1. The van der Waals surface area contributed by atoms with Crippen molar-refractivity contribution in [2.45, 2.75) is 109 Å². The van der Waals surface area contributed by atoms with E-state index in [-0.39, 0.29) is 6.10 Å². The van der Waals surface area contributed by atoms with E-state index in [9.17, 15) is 24.3 Å². The third kappa shape index (κ3) is 4.02. The number of aliphatic hydroxyl groups is 1. The number of fused-ring (bicyclic) bond motifs is 4. The molecule has 1 unspecified atom stereocenters. The summed E-state index contributed by atoms with van der Waals surface area (Å²) >= 11 is 0. The largest absolute Gasteiger partial charge is 0.462 e. The molecule has 2 heterocycles. The van der Waals surface area contributed by atoms with Crippen LogP contribution in [0.2, 0.25) is 0 Å². The van der Waals surface area contributed by atoms with E-state index in [0.29, 0.717) is 19.3 Å². The van der Waals surface area contributed by atoms with Crippen molar-refractivity contribution in [2.75, 3.05) is 0 Å². The van der Waals surface area contributed by atoms with Gasteiger partial charge in [0.25, 0.3) is 0 Å². The lowest BCUT2D eigenvalue weighted by Crippen LogP contribution is -2.69. The minimum atomic E-state index is -1.95. The molecule has 0 aromatic heterocycles. The van der Waals surface area contributed by atoms with Gasteiger partial charge in [0, 0.05) is 33.1 Å². The van der Waals surface area contributed by atoms with E-state index in [1.165, 1.54) is 27.7 Å². The molecule has 36 heavy (non-hydrogen) atoms. The van der Waals surface area contributed by atoms with E-state index in [1.54, 1.807) is 6.08 Å². The zero-order valence-corrected chi connectivity index (χ0v) is 21.9. The van der Waals surface area contributed by atoms with Crippen molar-refractivity contribution < 1.29 is 48.0 Å². The van der Waals surface area contributed by atoms with Crippen molar-refractivity contribution in [2.24, 2.45) is 17.3 Å². The Hall–Kier alpha value is -2.46. The molecule has 0 aromatic rings. The second kappa shape index (κ2) is 8.83. The van der Waals surface area contributed by atoms with Gasteiger partial charge in [0.1, 0.15) is 18.3 Å². The summed E-state index contributed by atoms with van der Waals surface area (Å²) in [5.74, 6) is -4.19. The molecule has 0 amide bonds. The topological polar surface area (TPSA) is 138 Å². The number of esters is 4. The molecule has 2 saturated heterocycles. The molecular weight excluding hydrogens is 472 g/mol. The molecular formula is C26H36O10. The van der Waals surface area contributed by atoms with Crippen molar-refractivity contribution in [3.05, 3.63) is 11.6 Å². The Morgan fingerprint density at radius 3 is 2.19 bits per heavy atom. The van der Waals surface area contributed by atoms with Crippen molar-refractivity contribution >= 4 is 23.9 Å². The number of allylic oxidation sites excluding steroid dienone is 1. The van der Waals surface area contributed by atoms with Gasteiger partial charge in [-0.25, -0.2) is 0 Å². The van der Waals surface area contributed by atoms with E-state index >= 15 is 0 Å². The molecule has 4 aliphatic rings. The molecule has 10 atom stereocenters. The number of ether oxygens (including phenoxy) is 5. The molecule has 200 valence electrons. The van der Waals surface area contributed by atoms with Crippen LogP contribution in [0.4, 0.5) is 0 Å². The molecule has 1 N–H and O–H groups in total. The summed E-state index contributed by atoms with van der Waals surface area (Å²) in [6.45, 7) is 10.9. The fourth-order valence-electron chi connectivity index (χ4n) is 6.84. The number of epoxide rings is 1. The zero-order valence-electron chi connectivity index (χ0n) is 21.9. The molecule has 0 aromatic carbocycles. The number of hydrogen-bond donors (Lipinski definition) is 1. The Bertz CT molecular complexity index is 1000. The summed E-state index contributed by atoms with van der Waals surface area (Å²) in [5.41, 5.74) is -3.21. The maximum Gasteiger partial charge on any atom is 0.312 e. The molecule has 0 spiro atoms. The zero-order chi connectivity index (χ0) is 26.8. The predicted octanol–water partition coefficient (Wildman–Crippen LogP) is 2.00. The van der Waals surface area contributed by atoms with Crippen molar-refractivity contribution in [1.82, 2.24) is 0 Å². The van der Waals surface area contributed by atoms with Crippen LogP contribution in [0.15, 0.2) is 11.6 Å². The van der Waals surface area contributed by atoms with E-state index < -0.39 is 76.7 Å². The number of rotatable bonds is 3. The molecule has 2 aliphatic carbocycles. The highest BCUT2D eigenvalue weighted by molar-refractivity contribution is 5.77. The average Bonchev–Trinajstić information content (AvgIpc) is 3.36. The van der Waals surface area contributed by atoms with E-state index in [1.807, 2.05) is 20.8 Å². The van der Waals surface area contributed by atoms with Crippen LogP contribution >= 0.6 is 0 Å². The van der Waals surface area contributed by atoms with Gasteiger partial charge in [0.05, 0.1) is 23.0 Å². The van der Waals surface area contributed by atoms with Crippen LogP contribution in [0, 0.1) is 17.3 Å². The number of carbonyl (C=O) groups excluding carboxylic acids is 4. The molecule has 10 nitrogen and oxygen atoms in total.